The van der Waals surface area contributed by atoms with E-state index >= 15 is 0 Å². The van der Waals surface area contributed by atoms with Crippen LogP contribution in [-0.4, -0.2) is 38.2 Å². The predicted octanol–water partition coefficient (Wildman–Crippen LogP) is 1.99. The minimum absolute atomic E-state index is 0.329. The van der Waals surface area contributed by atoms with Gasteiger partial charge in [0.2, 0.25) is 0 Å². The van der Waals surface area contributed by atoms with Gasteiger partial charge in [-0.2, -0.15) is 0 Å². The molecule has 0 saturated carbocycles. The molecule has 2 aliphatic rings. The Balaban J connectivity index is 1.68. The van der Waals surface area contributed by atoms with Crippen molar-refractivity contribution in [2.75, 3.05) is 38.6 Å². The van der Waals surface area contributed by atoms with Crippen LogP contribution in [0.4, 0.5) is 5.69 Å². The maximum Gasteiger partial charge on any atom is 0.142 e. The molecule has 1 fully saturated rings. The summed E-state index contributed by atoms with van der Waals surface area (Å²) in [5.74, 6) is 1.02. The van der Waals surface area contributed by atoms with Gasteiger partial charge in [-0.1, -0.05) is 19.1 Å². The Morgan fingerprint density at radius 3 is 3.00 bits per heavy atom. The predicted molar refractivity (Wildman–Crippen MR) is 69.7 cm³/mol. The van der Waals surface area contributed by atoms with Crippen LogP contribution in [0.25, 0.3) is 0 Å². The van der Waals surface area contributed by atoms with Crippen LogP contribution in [0.5, 0.6) is 5.75 Å². The van der Waals surface area contributed by atoms with E-state index in [-0.39, 0.29) is 0 Å². The highest BCUT2D eigenvalue weighted by Gasteiger charge is 2.37. The van der Waals surface area contributed by atoms with E-state index in [0.717, 1.165) is 38.4 Å². The Morgan fingerprint density at radius 2 is 2.24 bits per heavy atom. The van der Waals surface area contributed by atoms with E-state index in [9.17, 15) is 0 Å². The molecule has 17 heavy (non-hydrogen) atoms. The van der Waals surface area contributed by atoms with E-state index in [1.807, 2.05) is 0 Å². The third-order valence-electron chi connectivity index (χ3n) is 3.69. The van der Waals surface area contributed by atoms with Crippen LogP contribution in [0.2, 0.25) is 0 Å². The van der Waals surface area contributed by atoms with E-state index in [2.05, 4.69) is 42.4 Å². The lowest BCUT2D eigenvalue weighted by Gasteiger charge is -2.45. The van der Waals surface area contributed by atoms with Crippen molar-refractivity contribution < 1.29 is 4.74 Å². The lowest BCUT2D eigenvalue weighted by molar-refractivity contribution is -0.00116. The molecule has 3 heteroatoms. The molecule has 0 spiro atoms. The third-order valence-corrected chi connectivity index (χ3v) is 3.69. The number of rotatable bonds is 3. The van der Waals surface area contributed by atoms with Crippen LogP contribution in [0.1, 0.15) is 12.5 Å². The molecule has 0 aromatic heterocycles. The zero-order valence-corrected chi connectivity index (χ0v) is 10.6. The molecule has 0 amide bonds. The number of nitrogens with one attached hydrogen (secondary N) is 1. The maximum absolute atomic E-state index is 6.01. The highest BCUT2D eigenvalue weighted by atomic mass is 16.5. The van der Waals surface area contributed by atoms with Crippen molar-refractivity contribution in [3.8, 4) is 5.75 Å². The molecule has 92 valence electrons. The van der Waals surface area contributed by atoms with E-state index in [4.69, 9.17) is 4.74 Å². The van der Waals surface area contributed by atoms with Gasteiger partial charge in [-0.25, -0.2) is 0 Å². The molecule has 0 atom stereocenters. The quantitative estimate of drug-likeness (QED) is 0.862. The fraction of sp³-hybridized carbons (Fsp3) is 0.571. The van der Waals surface area contributed by atoms with Crippen LogP contribution < -0.4 is 10.1 Å². The number of hydrogen-bond donors (Lipinski definition) is 1. The molecule has 1 aromatic rings. The molecule has 1 N–H and O–H groups in total. The minimum atomic E-state index is 0.329. The zero-order valence-electron chi connectivity index (χ0n) is 10.6. The summed E-state index contributed by atoms with van der Waals surface area (Å²) >= 11 is 0. The summed E-state index contributed by atoms with van der Waals surface area (Å²) in [5.41, 5.74) is 2.93. The monoisotopic (exact) mass is 232 g/mol. The van der Waals surface area contributed by atoms with Crippen LogP contribution in [0, 0.1) is 5.41 Å². The van der Waals surface area contributed by atoms with Crippen molar-refractivity contribution in [1.29, 1.82) is 0 Å². The Labute approximate surface area is 103 Å². The molecule has 1 aromatic carbocycles. The van der Waals surface area contributed by atoms with Crippen molar-refractivity contribution in [2.45, 2.75) is 13.3 Å². The number of fused-ring (bicyclic) bond motifs is 1. The molecular formula is C14H20N2O. The number of anilines is 1. The fourth-order valence-electron chi connectivity index (χ4n) is 3.03. The van der Waals surface area contributed by atoms with Gasteiger partial charge < -0.3 is 15.0 Å². The fourth-order valence-corrected chi connectivity index (χ4v) is 3.03. The van der Waals surface area contributed by atoms with Crippen LogP contribution in [0.15, 0.2) is 18.2 Å². The highest BCUT2D eigenvalue weighted by molar-refractivity contribution is 5.65. The molecule has 0 aliphatic carbocycles. The molecule has 0 radical (unpaired) electrons. The van der Waals surface area contributed by atoms with Crippen LogP contribution in [0.3, 0.4) is 0 Å². The summed E-state index contributed by atoms with van der Waals surface area (Å²) in [6.45, 7) is 6.42. The molecule has 3 nitrogen and oxygen atoms in total. The number of hydrogen-bond acceptors (Lipinski definition) is 3. The molecule has 1 saturated heterocycles. The molecule has 0 bridgehead atoms. The van der Waals surface area contributed by atoms with Gasteiger partial charge in [0.05, 0.1) is 12.3 Å². The standard InChI is InChI=1S/C14H20N2O/c1-14(8-16(2)9-14)10-17-12-5-3-4-11-6-7-15-13(11)12/h3-5,15H,6-10H2,1-2H3. The number of para-hydroxylation sites is 1. The first kappa shape index (κ1) is 10.9. The second-order valence-corrected chi connectivity index (χ2v) is 5.74. The zero-order chi connectivity index (χ0) is 11.9. The Hall–Kier alpha value is -1.22. The summed E-state index contributed by atoms with van der Waals surface area (Å²) in [4.78, 5) is 2.33. The van der Waals surface area contributed by atoms with Crippen molar-refractivity contribution in [1.82, 2.24) is 4.90 Å². The van der Waals surface area contributed by atoms with Gasteiger partial charge in [-0.3, -0.25) is 0 Å². The summed E-state index contributed by atoms with van der Waals surface area (Å²) < 4.78 is 6.01. The average Bonchev–Trinajstić information content (AvgIpc) is 2.72. The Bertz CT molecular complexity index is 424. The van der Waals surface area contributed by atoms with Crippen molar-refractivity contribution >= 4 is 5.69 Å². The van der Waals surface area contributed by atoms with Crippen molar-refractivity contribution in [2.24, 2.45) is 5.41 Å². The van der Waals surface area contributed by atoms with Gasteiger partial charge in [-0.05, 0) is 25.1 Å². The summed E-state index contributed by atoms with van der Waals surface area (Å²) in [5, 5.41) is 3.41. The lowest BCUT2D eigenvalue weighted by atomic mass is 9.83. The highest BCUT2D eigenvalue weighted by Crippen LogP contribution is 2.35. The topological polar surface area (TPSA) is 24.5 Å². The third kappa shape index (κ3) is 2.00. The van der Waals surface area contributed by atoms with Gasteiger partial charge in [0.1, 0.15) is 5.75 Å². The molecule has 3 rings (SSSR count). The number of likely N-dealkylation sites (tertiary alicyclic amines) is 1. The van der Waals surface area contributed by atoms with Gasteiger partial charge >= 0.3 is 0 Å². The van der Waals surface area contributed by atoms with E-state index < -0.39 is 0 Å². The van der Waals surface area contributed by atoms with Gasteiger partial charge in [-0.15, -0.1) is 0 Å². The molecule has 0 unspecified atom stereocenters. The van der Waals surface area contributed by atoms with E-state index in [1.165, 1.54) is 11.3 Å². The summed E-state index contributed by atoms with van der Waals surface area (Å²) in [6, 6.07) is 6.35. The summed E-state index contributed by atoms with van der Waals surface area (Å²) in [7, 11) is 2.16. The van der Waals surface area contributed by atoms with E-state index in [0.29, 0.717) is 5.41 Å². The molecule has 2 aliphatic heterocycles. The lowest BCUT2D eigenvalue weighted by Crippen LogP contribution is -2.55. The van der Waals surface area contributed by atoms with Gasteiger partial charge in [0.15, 0.2) is 0 Å². The first-order valence-electron chi connectivity index (χ1n) is 6.33. The number of nitrogens with zero attached hydrogens (tertiary/aromatic N) is 1. The van der Waals surface area contributed by atoms with E-state index in [1.54, 1.807) is 0 Å². The first-order valence-corrected chi connectivity index (χ1v) is 6.33. The second-order valence-electron chi connectivity index (χ2n) is 5.74. The molecule has 2 heterocycles. The van der Waals surface area contributed by atoms with Crippen LogP contribution in [-0.2, 0) is 6.42 Å². The normalized spacial score (nSPS) is 21.5. The van der Waals surface area contributed by atoms with Gasteiger partial charge in [0.25, 0.3) is 0 Å². The van der Waals surface area contributed by atoms with Crippen LogP contribution >= 0.6 is 0 Å². The number of ether oxygens (including phenoxy) is 1. The SMILES string of the molecule is CN1CC(C)(COc2cccc3c2NCC3)C1. The van der Waals surface area contributed by atoms with Gasteiger partial charge in [0, 0.05) is 25.0 Å². The number of benzene rings is 1. The van der Waals surface area contributed by atoms with Crippen molar-refractivity contribution in [3.05, 3.63) is 23.8 Å². The first-order chi connectivity index (χ1) is 8.16. The Kier molecular flexibility index (Phi) is 2.51. The second kappa shape index (κ2) is 3.91. The van der Waals surface area contributed by atoms with Crippen molar-refractivity contribution in [3.63, 3.8) is 0 Å². The molecular weight excluding hydrogens is 212 g/mol. The maximum atomic E-state index is 6.01. The summed E-state index contributed by atoms with van der Waals surface area (Å²) in [6.07, 6.45) is 1.12. The smallest absolute Gasteiger partial charge is 0.142 e. The minimum Gasteiger partial charge on any atom is -0.491 e. The Morgan fingerprint density at radius 1 is 1.41 bits per heavy atom. The average molecular weight is 232 g/mol. The largest absolute Gasteiger partial charge is 0.491 e.